The van der Waals surface area contributed by atoms with Crippen molar-refractivity contribution in [3.8, 4) is 6.07 Å². The molecule has 1 aromatic rings. The van der Waals surface area contributed by atoms with Crippen LogP contribution in [0.3, 0.4) is 0 Å². The highest BCUT2D eigenvalue weighted by atomic mass is 19.1. The summed E-state index contributed by atoms with van der Waals surface area (Å²) in [5.74, 6) is 0.0500. The Morgan fingerprint density at radius 1 is 1.22 bits per heavy atom. The molecule has 2 amide bonds. The molecule has 1 saturated carbocycles. The SMILES string of the molecule is N#C[C@@H]1CCCN1C(=O)[C@@H](N)CN1CC2C[C@H]1C(=O)N2[C@@H](c1ccc(F)cc1)C1CCC1. The van der Waals surface area contributed by atoms with Gasteiger partial charge in [0.1, 0.15) is 11.9 Å². The third-order valence-corrected chi connectivity index (χ3v) is 7.86. The predicted molar refractivity (Wildman–Crippen MR) is 115 cm³/mol. The van der Waals surface area contributed by atoms with Crippen molar-refractivity contribution in [2.24, 2.45) is 11.7 Å². The highest BCUT2D eigenvalue weighted by Crippen LogP contribution is 2.47. The Morgan fingerprint density at radius 3 is 2.59 bits per heavy atom. The summed E-state index contributed by atoms with van der Waals surface area (Å²) in [7, 11) is 0. The summed E-state index contributed by atoms with van der Waals surface area (Å²) in [4.78, 5) is 31.9. The lowest BCUT2D eigenvalue weighted by Gasteiger charge is -2.45. The third kappa shape index (κ3) is 3.57. The first-order valence-electron chi connectivity index (χ1n) is 11.8. The molecule has 0 spiro atoms. The number of rotatable bonds is 6. The number of benzene rings is 1. The Morgan fingerprint density at radius 2 is 1.97 bits per heavy atom. The molecule has 1 aliphatic carbocycles. The van der Waals surface area contributed by atoms with Crippen LogP contribution < -0.4 is 5.73 Å². The van der Waals surface area contributed by atoms with E-state index in [-0.39, 0.29) is 41.8 Å². The lowest BCUT2D eigenvalue weighted by molar-refractivity contribution is -0.143. The van der Waals surface area contributed by atoms with Gasteiger partial charge in [-0.15, -0.1) is 0 Å². The topological polar surface area (TPSA) is 93.7 Å². The van der Waals surface area contributed by atoms with Crippen LogP contribution in [0.25, 0.3) is 0 Å². The quantitative estimate of drug-likeness (QED) is 0.730. The van der Waals surface area contributed by atoms with Gasteiger partial charge in [-0.1, -0.05) is 18.6 Å². The van der Waals surface area contributed by atoms with Crippen molar-refractivity contribution in [2.75, 3.05) is 19.6 Å². The molecular formula is C24H30FN5O2. The molecule has 0 radical (unpaired) electrons. The molecule has 3 aliphatic heterocycles. The monoisotopic (exact) mass is 439 g/mol. The van der Waals surface area contributed by atoms with Gasteiger partial charge in [0.15, 0.2) is 0 Å². The molecule has 7 nitrogen and oxygen atoms in total. The number of fused-ring (bicyclic) bond motifs is 2. The van der Waals surface area contributed by atoms with Crippen molar-refractivity contribution in [1.82, 2.24) is 14.7 Å². The summed E-state index contributed by atoms with van der Waals surface area (Å²) in [5, 5.41) is 9.27. The maximum Gasteiger partial charge on any atom is 0.241 e. The van der Waals surface area contributed by atoms with E-state index in [9.17, 15) is 19.2 Å². The molecule has 170 valence electrons. The summed E-state index contributed by atoms with van der Waals surface area (Å²) in [6, 6.07) is 7.46. The number of carbonyl (C=O) groups is 2. The Hall–Kier alpha value is -2.50. The van der Waals surface area contributed by atoms with Crippen LogP contribution in [-0.4, -0.2) is 70.3 Å². The van der Waals surface area contributed by atoms with Crippen molar-refractivity contribution in [2.45, 2.75) is 68.7 Å². The van der Waals surface area contributed by atoms with Gasteiger partial charge in [0.2, 0.25) is 11.8 Å². The van der Waals surface area contributed by atoms with Crippen LogP contribution in [0.15, 0.2) is 24.3 Å². The highest BCUT2D eigenvalue weighted by Gasteiger charge is 2.54. The van der Waals surface area contributed by atoms with Crippen molar-refractivity contribution < 1.29 is 14.0 Å². The molecule has 1 aromatic carbocycles. The maximum absolute atomic E-state index is 13.5. The van der Waals surface area contributed by atoms with Crippen molar-refractivity contribution in [3.05, 3.63) is 35.6 Å². The number of hydrogen-bond acceptors (Lipinski definition) is 5. The van der Waals surface area contributed by atoms with Gasteiger partial charge in [-0.25, -0.2) is 4.39 Å². The van der Waals surface area contributed by atoms with Gasteiger partial charge in [-0.3, -0.25) is 14.5 Å². The molecule has 5 rings (SSSR count). The average molecular weight is 440 g/mol. The zero-order valence-electron chi connectivity index (χ0n) is 18.2. The number of piperazine rings is 1. The molecule has 3 heterocycles. The zero-order chi connectivity index (χ0) is 22.4. The van der Waals surface area contributed by atoms with E-state index >= 15 is 0 Å². The van der Waals surface area contributed by atoms with Gasteiger partial charge in [0, 0.05) is 25.7 Å². The van der Waals surface area contributed by atoms with Gasteiger partial charge in [-0.2, -0.15) is 5.26 Å². The first-order valence-corrected chi connectivity index (χ1v) is 11.8. The van der Waals surface area contributed by atoms with Gasteiger partial charge >= 0.3 is 0 Å². The van der Waals surface area contributed by atoms with Crippen LogP contribution in [0.1, 0.15) is 50.1 Å². The van der Waals surface area contributed by atoms with Crippen LogP contribution >= 0.6 is 0 Å². The molecule has 8 heteroatoms. The second-order valence-electron chi connectivity index (χ2n) is 9.72. The molecule has 4 fully saturated rings. The number of amides is 2. The van der Waals surface area contributed by atoms with E-state index in [2.05, 4.69) is 6.07 Å². The van der Waals surface area contributed by atoms with Crippen LogP contribution in [-0.2, 0) is 9.59 Å². The van der Waals surface area contributed by atoms with Crippen molar-refractivity contribution in [3.63, 3.8) is 0 Å². The first-order chi connectivity index (χ1) is 15.5. The van der Waals surface area contributed by atoms with Crippen LogP contribution in [0.5, 0.6) is 0 Å². The number of carbonyl (C=O) groups excluding carboxylic acids is 2. The summed E-state index contributed by atoms with van der Waals surface area (Å²) in [6.45, 7) is 1.60. The summed E-state index contributed by atoms with van der Waals surface area (Å²) in [6.07, 6.45) is 5.61. The first kappa shape index (κ1) is 21.4. The number of nitrogens with two attached hydrogens (primary N) is 1. The van der Waals surface area contributed by atoms with E-state index in [4.69, 9.17) is 5.73 Å². The minimum Gasteiger partial charge on any atom is -0.330 e. The Kier molecular flexibility index (Phi) is 5.64. The third-order valence-electron chi connectivity index (χ3n) is 7.86. The lowest BCUT2D eigenvalue weighted by Crippen LogP contribution is -2.57. The Labute approximate surface area is 187 Å². The van der Waals surface area contributed by atoms with Crippen LogP contribution in [0, 0.1) is 23.1 Å². The molecule has 5 atom stereocenters. The lowest BCUT2D eigenvalue weighted by atomic mass is 9.76. The number of nitriles is 1. The van der Waals surface area contributed by atoms with Crippen LogP contribution in [0.2, 0.25) is 0 Å². The Bertz CT molecular complexity index is 927. The van der Waals surface area contributed by atoms with Gasteiger partial charge in [0.25, 0.3) is 0 Å². The number of nitrogens with zero attached hydrogens (tertiary/aromatic N) is 4. The number of hydrogen-bond donors (Lipinski definition) is 1. The van der Waals surface area contributed by atoms with Gasteiger partial charge < -0.3 is 15.5 Å². The fourth-order valence-corrected chi connectivity index (χ4v) is 6.04. The summed E-state index contributed by atoms with van der Waals surface area (Å²) in [5.41, 5.74) is 7.25. The molecule has 2 N–H and O–H groups in total. The molecular weight excluding hydrogens is 409 g/mol. The fraction of sp³-hybridized carbons (Fsp3) is 0.625. The molecule has 32 heavy (non-hydrogen) atoms. The second-order valence-corrected chi connectivity index (χ2v) is 9.72. The normalized spacial score (nSPS) is 29.8. The van der Waals surface area contributed by atoms with E-state index in [0.717, 1.165) is 31.2 Å². The molecule has 0 aromatic heterocycles. The zero-order valence-corrected chi connectivity index (χ0v) is 18.2. The minimum atomic E-state index is -0.732. The van der Waals surface area contributed by atoms with E-state index in [1.54, 1.807) is 4.90 Å². The number of likely N-dealkylation sites (tertiary alicyclic amines) is 3. The van der Waals surface area contributed by atoms with Gasteiger partial charge in [-0.05, 0) is 55.7 Å². The second kappa shape index (κ2) is 8.45. The van der Waals surface area contributed by atoms with E-state index in [0.29, 0.717) is 32.0 Å². The van der Waals surface area contributed by atoms with E-state index in [1.807, 2.05) is 21.9 Å². The molecule has 3 saturated heterocycles. The average Bonchev–Trinajstić information content (AvgIpc) is 3.45. The summed E-state index contributed by atoms with van der Waals surface area (Å²) >= 11 is 0. The van der Waals surface area contributed by atoms with Crippen molar-refractivity contribution >= 4 is 11.8 Å². The largest absolute Gasteiger partial charge is 0.330 e. The van der Waals surface area contributed by atoms with Crippen LogP contribution in [0.4, 0.5) is 4.39 Å². The number of halogens is 1. The van der Waals surface area contributed by atoms with E-state index in [1.165, 1.54) is 18.6 Å². The predicted octanol–water partition coefficient (Wildman–Crippen LogP) is 1.79. The highest BCUT2D eigenvalue weighted by molar-refractivity contribution is 5.87. The molecule has 2 bridgehead atoms. The summed E-state index contributed by atoms with van der Waals surface area (Å²) < 4.78 is 13.5. The standard InChI is InChI=1S/C24H30FN5O2/c25-17-8-6-16(7-9-17)22(15-3-1-4-15)30-19-11-21(24(30)32)28(13-19)14-20(27)23(31)29-10-2-5-18(29)12-26/h6-9,15,18-22H,1-5,10-11,13-14,27H2/t18-,19?,20-,21-,22+/m0/s1. The molecule has 4 aliphatic rings. The van der Waals surface area contributed by atoms with Gasteiger partial charge in [0.05, 0.1) is 24.2 Å². The minimum absolute atomic E-state index is 0.00899. The van der Waals surface area contributed by atoms with Crippen molar-refractivity contribution in [1.29, 1.82) is 5.26 Å². The Balaban J connectivity index is 1.28. The van der Waals surface area contributed by atoms with E-state index < -0.39 is 6.04 Å². The smallest absolute Gasteiger partial charge is 0.241 e. The maximum atomic E-state index is 13.5. The molecule has 1 unspecified atom stereocenters. The fourth-order valence-electron chi connectivity index (χ4n) is 6.04.